The van der Waals surface area contributed by atoms with E-state index in [1.165, 1.54) is 18.3 Å². The number of H-pyrrole nitrogens is 1. The molecule has 7 heteroatoms. The zero-order chi connectivity index (χ0) is 20.9. The number of carbonyl (C=O) groups is 1. The third-order valence-electron chi connectivity index (χ3n) is 4.68. The van der Waals surface area contributed by atoms with E-state index in [0.29, 0.717) is 22.2 Å². The number of aromatic amines is 1. The van der Waals surface area contributed by atoms with Crippen LogP contribution in [0.5, 0.6) is 0 Å². The van der Waals surface area contributed by atoms with Gasteiger partial charge in [-0.15, -0.1) is 0 Å². The van der Waals surface area contributed by atoms with Crippen LogP contribution in [-0.2, 0) is 0 Å². The minimum absolute atomic E-state index is 0.207. The van der Waals surface area contributed by atoms with Crippen LogP contribution in [0.25, 0.3) is 23.1 Å². The van der Waals surface area contributed by atoms with E-state index in [4.69, 9.17) is 0 Å². The molecule has 2 heterocycles. The average Bonchev–Trinajstić information content (AvgIpc) is 3.19. The van der Waals surface area contributed by atoms with Crippen LogP contribution in [0.4, 0.5) is 4.39 Å². The molecule has 2 aromatic heterocycles. The van der Waals surface area contributed by atoms with Gasteiger partial charge in [0.15, 0.2) is 0 Å². The third-order valence-corrected chi connectivity index (χ3v) is 4.68. The summed E-state index contributed by atoms with van der Waals surface area (Å²) >= 11 is 0. The van der Waals surface area contributed by atoms with Gasteiger partial charge in [-0.05, 0) is 35.4 Å². The van der Waals surface area contributed by atoms with Crippen molar-refractivity contribution >= 4 is 29.0 Å². The number of fused-ring (bicyclic) bond motifs is 1. The normalized spacial score (nSPS) is 12.3. The van der Waals surface area contributed by atoms with Crippen LogP contribution in [0, 0.1) is 5.82 Å². The number of nitrogens with one attached hydrogen (secondary N) is 2. The number of halogens is 1. The average molecular weight is 402 g/mol. The molecule has 1 atom stereocenters. The summed E-state index contributed by atoms with van der Waals surface area (Å²) in [6.45, 7) is -0.231. The van der Waals surface area contributed by atoms with Crippen LogP contribution >= 0.6 is 0 Å². The van der Waals surface area contributed by atoms with Gasteiger partial charge in [0.05, 0.1) is 30.1 Å². The van der Waals surface area contributed by atoms with Gasteiger partial charge in [0.2, 0.25) is 0 Å². The van der Waals surface area contributed by atoms with Gasteiger partial charge < -0.3 is 10.4 Å². The summed E-state index contributed by atoms with van der Waals surface area (Å²) in [4.78, 5) is 16.9. The van der Waals surface area contributed by atoms with E-state index in [9.17, 15) is 14.3 Å². The lowest BCUT2D eigenvalue weighted by atomic mass is 10.1. The van der Waals surface area contributed by atoms with Crippen LogP contribution in [0.1, 0.15) is 33.4 Å². The maximum Gasteiger partial charge on any atom is 0.270 e. The first-order chi connectivity index (χ1) is 14.6. The van der Waals surface area contributed by atoms with E-state index in [1.54, 1.807) is 30.4 Å². The number of rotatable bonds is 6. The Morgan fingerprint density at radius 2 is 1.97 bits per heavy atom. The summed E-state index contributed by atoms with van der Waals surface area (Å²) < 4.78 is 13.4. The number of nitrogens with zero attached hydrogens (tertiary/aromatic N) is 2. The van der Waals surface area contributed by atoms with Crippen LogP contribution in [0.3, 0.4) is 0 Å². The van der Waals surface area contributed by atoms with Crippen molar-refractivity contribution < 1.29 is 14.3 Å². The quantitative estimate of drug-likeness (QED) is 0.458. The lowest BCUT2D eigenvalue weighted by molar-refractivity contribution is 0.0911. The number of carbonyl (C=O) groups excluding carboxylic acids is 1. The minimum Gasteiger partial charge on any atom is -0.394 e. The Labute approximate surface area is 172 Å². The van der Waals surface area contributed by atoms with Gasteiger partial charge in [-0.2, -0.15) is 5.10 Å². The van der Waals surface area contributed by atoms with E-state index in [2.05, 4.69) is 20.5 Å². The highest BCUT2D eigenvalue weighted by atomic mass is 19.1. The van der Waals surface area contributed by atoms with Gasteiger partial charge in [0.1, 0.15) is 11.5 Å². The monoisotopic (exact) mass is 402 g/mol. The summed E-state index contributed by atoms with van der Waals surface area (Å²) in [5.74, 6) is -0.717. The molecule has 0 radical (unpaired) electrons. The number of benzene rings is 2. The van der Waals surface area contributed by atoms with Crippen molar-refractivity contribution in [1.82, 2.24) is 20.5 Å². The Balaban J connectivity index is 1.58. The number of aromatic nitrogens is 3. The van der Waals surface area contributed by atoms with Gasteiger partial charge >= 0.3 is 0 Å². The second-order valence-electron chi connectivity index (χ2n) is 6.73. The van der Waals surface area contributed by atoms with Gasteiger partial charge in [-0.25, -0.2) is 9.37 Å². The summed E-state index contributed by atoms with van der Waals surface area (Å²) in [7, 11) is 0. The lowest BCUT2D eigenvalue weighted by Crippen LogP contribution is -2.31. The van der Waals surface area contributed by atoms with Gasteiger partial charge in [0.25, 0.3) is 5.91 Å². The fourth-order valence-corrected chi connectivity index (χ4v) is 3.13. The van der Waals surface area contributed by atoms with E-state index >= 15 is 0 Å². The van der Waals surface area contributed by atoms with Crippen LogP contribution in [0.2, 0.25) is 0 Å². The largest absolute Gasteiger partial charge is 0.394 e. The molecular formula is C23H19FN4O2. The van der Waals surface area contributed by atoms with Gasteiger partial charge in [-0.1, -0.05) is 48.5 Å². The highest BCUT2D eigenvalue weighted by Gasteiger charge is 2.17. The van der Waals surface area contributed by atoms with Gasteiger partial charge in [-0.3, -0.25) is 9.89 Å². The topological polar surface area (TPSA) is 90.9 Å². The Morgan fingerprint density at radius 1 is 1.13 bits per heavy atom. The lowest BCUT2D eigenvalue weighted by Gasteiger charge is -2.16. The summed E-state index contributed by atoms with van der Waals surface area (Å²) in [5.41, 5.74) is 2.99. The Morgan fingerprint density at radius 3 is 2.73 bits per heavy atom. The van der Waals surface area contributed by atoms with Crippen molar-refractivity contribution in [1.29, 1.82) is 0 Å². The van der Waals surface area contributed by atoms with Crippen molar-refractivity contribution in [3.63, 3.8) is 0 Å². The minimum atomic E-state index is -0.534. The van der Waals surface area contributed by atoms with Crippen molar-refractivity contribution in [3.8, 4) is 0 Å². The fourth-order valence-electron chi connectivity index (χ4n) is 3.13. The third kappa shape index (κ3) is 4.26. The Hall–Kier alpha value is -3.84. The number of hydrogen-bond acceptors (Lipinski definition) is 4. The first-order valence-electron chi connectivity index (χ1n) is 9.38. The zero-order valence-electron chi connectivity index (χ0n) is 15.9. The first kappa shape index (κ1) is 19.5. The molecule has 1 amide bonds. The van der Waals surface area contributed by atoms with Crippen molar-refractivity contribution in [3.05, 3.63) is 95.2 Å². The molecule has 4 rings (SSSR count). The molecule has 0 fully saturated rings. The summed E-state index contributed by atoms with van der Waals surface area (Å²) in [5, 5.41) is 20.3. The number of amides is 1. The van der Waals surface area contributed by atoms with Crippen molar-refractivity contribution in [2.24, 2.45) is 0 Å². The van der Waals surface area contributed by atoms with E-state index in [0.717, 1.165) is 5.56 Å². The molecule has 2 aromatic carbocycles. The van der Waals surface area contributed by atoms with Crippen LogP contribution < -0.4 is 5.32 Å². The fraction of sp³-hybridized carbons (Fsp3) is 0.0870. The molecule has 0 aliphatic carbocycles. The Kier molecular flexibility index (Phi) is 5.63. The second-order valence-corrected chi connectivity index (χ2v) is 6.73. The molecule has 0 spiro atoms. The Bertz CT molecular complexity index is 1200. The predicted octanol–water partition coefficient (Wildman–Crippen LogP) is 3.73. The molecular weight excluding hydrogens is 383 g/mol. The molecule has 0 aliphatic heterocycles. The molecule has 6 nitrogen and oxygen atoms in total. The highest BCUT2D eigenvalue weighted by Crippen LogP contribution is 2.20. The van der Waals surface area contributed by atoms with Gasteiger partial charge in [0, 0.05) is 5.39 Å². The van der Waals surface area contributed by atoms with E-state index < -0.39 is 11.9 Å². The van der Waals surface area contributed by atoms with Crippen molar-refractivity contribution in [2.75, 3.05) is 6.61 Å². The van der Waals surface area contributed by atoms with Crippen LogP contribution in [0.15, 0.2) is 66.9 Å². The standard InChI is InChI=1S/C23H19FN4O2/c24-17-8-4-5-15(11-17)9-10-19-18-12-20(25-13-21(18)28-27-19)23(30)26-22(14-29)16-6-2-1-3-7-16/h1-13,22,29H,14H2,(H,26,30)(H,27,28)/b10-9+/t22-/m1/s1. The molecule has 0 unspecified atom stereocenters. The molecule has 0 bridgehead atoms. The first-order valence-corrected chi connectivity index (χ1v) is 9.38. The SMILES string of the molecule is O=C(N[C@H](CO)c1ccccc1)c1cc2c(/C=C/c3cccc(F)c3)n[nH]c2cn1. The number of aliphatic hydroxyl groups is 1. The van der Waals surface area contributed by atoms with E-state index in [1.807, 2.05) is 30.3 Å². The summed E-state index contributed by atoms with van der Waals surface area (Å²) in [6, 6.07) is 16.6. The second kappa shape index (κ2) is 8.67. The van der Waals surface area contributed by atoms with Crippen molar-refractivity contribution in [2.45, 2.75) is 6.04 Å². The molecule has 0 saturated carbocycles. The van der Waals surface area contributed by atoms with E-state index in [-0.39, 0.29) is 18.1 Å². The zero-order valence-corrected chi connectivity index (χ0v) is 15.9. The highest BCUT2D eigenvalue weighted by molar-refractivity contribution is 5.98. The van der Waals surface area contributed by atoms with Crippen LogP contribution in [-0.4, -0.2) is 32.8 Å². The maximum atomic E-state index is 13.4. The molecule has 0 saturated heterocycles. The molecule has 150 valence electrons. The number of pyridine rings is 1. The number of aliphatic hydroxyl groups excluding tert-OH is 1. The molecule has 0 aliphatic rings. The molecule has 4 aromatic rings. The summed E-state index contributed by atoms with van der Waals surface area (Å²) in [6.07, 6.45) is 5.03. The maximum absolute atomic E-state index is 13.4. The smallest absolute Gasteiger partial charge is 0.270 e. The molecule has 30 heavy (non-hydrogen) atoms. The molecule has 3 N–H and O–H groups in total. The predicted molar refractivity (Wildman–Crippen MR) is 113 cm³/mol. The number of hydrogen-bond donors (Lipinski definition) is 3.